The van der Waals surface area contributed by atoms with Crippen LogP contribution in [0.1, 0.15) is 18.9 Å². The van der Waals surface area contributed by atoms with Gasteiger partial charge in [-0.25, -0.2) is 0 Å². The lowest BCUT2D eigenvalue weighted by molar-refractivity contribution is 0.136. The predicted molar refractivity (Wildman–Crippen MR) is 83.8 cm³/mol. The van der Waals surface area contributed by atoms with Gasteiger partial charge in [-0.3, -0.25) is 0 Å². The Morgan fingerprint density at radius 3 is 2.65 bits per heavy atom. The van der Waals surface area contributed by atoms with Crippen LogP contribution in [0, 0.1) is 5.92 Å². The normalized spacial score (nSPS) is 20.6. The van der Waals surface area contributed by atoms with E-state index in [4.69, 9.17) is 5.73 Å². The molecule has 3 nitrogen and oxygen atoms in total. The number of nitrogens with zero attached hydrogens (tertiary/aromatic N) is 1. The first-order valence-corrected chi connectivity index (χ1v) is 7.34. The topological polar surface area (TPSA) is 49.5 Å². The molecule has 1 heterocycles. The van der Waals surface area contributed by atoms with Gasteiger partial charge in [0, 0.05) is 36.6 Å². The Labute approximate surface area is 120 Å². The number of hydrogen-bond donors (Lipinski definition) is 2. The van der Waals surface area contributed by atoms with Gasteiger partial charge in [-0.2, -0.15) is 0 Å². The zero-order valence-electron chi connectivity index (χ0n) is 11.9. The molecule has 0 radical (unpaired) electrons. The van der Waals surface area contributed by atoms with Crippen LogP contribution in [0.5, 0.6) is 0 Å². The van der Waals surface area contributed by atoms with Crippen LogP contribution in [0.25, 0.3) is 10.8 Å². The van der Waals surface area contributed by atoms with Crippen molar-refractivity contribution in [3.05, 3.63) is 42.0 Å². The van der Waals surface area contributed by atoms with E-state index in [-0.39, 0.29) is 6.10 Å². The molecule has 3 heteroatoms. The summed E-state index contributed by atoms with van der Waals surface area (Å²) < 4.78 is 0. The van der Waals surface area contributed by atoms with Crippen LogP contribution >= 0.6 is 0 Å². The highest BCUT2D eigenvalue weighted by Crippen LogP contribution is 2.33. The fourth-order valence-electron chi connectivity index (χ4n) is 3.20. The molecule has 2 aromatic carbocycles. The maximum Gasteiger partial charge on any atom is 0.0557 e. The summed E-state index contributed by atoms with van der Waals surface area (Å²) in [7, 11) is 0. The van der Waals surface area contributed by atoms with E-state index in [0.29, 0.717) is 12.5 Å². The molecule has 0 aromatic heterocycles. The van der Waals surface area contributed by atoms with Crippen molar-refractivity contribution in [2.24, 2.45) is 11.7 Å². The lowest BCUT2D eigenvalue weighted by Gasteiger charge is -2.22. The second-order valence-electron chi connectivity index (χ2n) is 5.73. The minimum atomic E-state index is -0.227. The summed E-state index contributed by atoms with van der Waals surface area (Å²) in [5.74, 6) is 0.378. The van der Waals surface area contributed by atoms with Crippen LogP contribution in [-0.4, -0.2) is 24.3 Å². The van der Waals surface area contributed by atoms with E-state index < -0.39 is 0 Å². The summed E-state index contributed by atoms with van der Waals surface area (Å²) in [6, 6.07) is 12.8. The quantitative estimate of drug-likeness (QED) is 0.901. The molecule has 3 rings (SSSR count). The first-order chi connectivity index (χ1) is 9.70. The molecule has 1 aliphatic heterocycles. The highest BCUT2D eigenvalue weighted by Gasteiger charge is 2.27. The van der Waals surface area contributed by atoms with Crippen LogP contribution in [0.15, 0.2) is 36.4 Å². The molecule has 2 unspecified atom stereocenters. The van der Waals surface area contributed by atoms with Gasteiger partial charge < -0.3 is 15.7 Å². The van der Waals surface area contributed by atoms with Gasteiger partial charge in [-0.1, -0.05) is 30.3 Å². The molecule has 2 aromatic rings. The van der Waals surface area contributed by atoms with Crippen molar-refractivity contribution in [3.63, 3.8) is 0 Å². The second kappa shape index (κ2) is 5.43. The number of fused-ring (bicyclic) bond motifs is 1. The van der Waals surface area contributed by atoms with E-state index in [1.807, 2.05) is 6.92 Å². The fraction of sp³-hybridized carbons (Fsp3) is 0.412. The van der Waals surface area contributed by atoms with Gasteiger partial charge in [0.15, 0.2) is 0 Å². The molecular formula is C17H22N2O. The SMILES string of the molecule is CC(O)C1CCN(c2ccc(CN)c3ccccc23)C1. The Morgan fingerprint density at radius 1 is 1.25 bits per heavy atom. The molecule has 1 aliphatic rings. The Hall–Kier alpha value is -1.58. The lowest BCUT2D eigenvalue weighted by Crippen LogP contribution is -2.24. The smallest absolute Gasteiger partial charge is 0.0557 e. The van der Waals surface area contributed by atoms with Crippen molar-refractivity contribution in [1.82, 2.24) is 0 Å². The molecule has 3 N–H and O–H groups in total. The van der Waals surface area contributed by atoms with E-state index in [1.165, 1.54) is 22.0 Å². The number of aliphatic hydroxyl groups excluding tert-OH is 1. The molecule has 0 aliphatic carbocycles. The first kappa shape index (κ1) is 13.4. The van der Waals surface area contributed by atoms with Gasteiger partial charge in [0.05, 0.1) is 6.10 Å². The van der Waals surface area contributed by atoms with Crippen molar-refractivity contribution < 1.29 is 5.11 Å². The number of nitrogens with two attached hydrogens (primary N) is 1. The number of hydrogen-bond acceptors (Lipinski definition) is 3. The Kier molecular flexibility index (Phi) is 3.64. The number of benzene rings is 2. The maximum absolute atomic E-state index is 9.77. The summed E-state index contributed by atoms with van der Waals surface area (Å²) in [6.45, 7) is 4.41. The van der Waals surface area contributed by atoms with Gasteiger partial charge in [0.1, 0.15) is 0 Å². The van der Waals surface area contributed by atoms with Gasteiger partial charge >= 0.3 is 0 Å². The summed E-state index contributed by atoms with van der Waals surface area (Å²) in [5, 5.41) is 12.3. The number of anilines is 1. The molecule has 0 amide bonds. The van der Waals surface area contributed by atoms with E-state index in [2.05, 4.69) is 41.3 Å². The fourth-order valence-corrected chi connectivity index (χ4v) is 3.20. The Balaban J connectivity index is 2.01. The molecular weight excluding hydrogens is 248 g/mol. The van der Waals surface area contributed by atoms with E-state index in [0.717, 1.165) is 19.5 Å². The maximum atomic E-state index is 9.77. The van der Waals surface area contributed by atoms with Crippen LogP contribution < -0.4 is 10.6 Å². The third kappa shape index (κ3) is 2.28. The number of aliphatic hydroxyl groups is 1. The third-order valence-electron chi connectivity index (χ3n) is 4.46. The number of rotatable bonds is 3. The molecule has 20 heavy (non-hydrogen) atoms. The van der Waals surface area contributed by atoms with Crippen molar-refractivity contribution >= 4 is 16.5 Å². The molecule has 1 saturated heterocycles. The van der Waals surface area contributed by atoms with E-state index in [9.17, 15) is 5.11 Å². The molecule has 0 bridgehead atoms. The lowest BCUT2D eigenvalue weighted by atomic mass is 10.0. The largest absolute Gasteiger partial charge is 0.393 e. The van der Waals surface area contributed by atoms with Crippen molar-refractivity contribution in [2.45, 2.75) is 26.0 Å². The first-order valence-electron chi connectivity index (χ1n) is 7.34. The average Bonchev–Trinajstić information content (AvgIpc) is 2.96. The summed E-state index contributed by atoms with van der Waals surface area (Å²) in [4.78, 5) is 2.39. The van der Waals surface area contributed by atoms with Gasteiger partial charge in [-0.15, -0.1) is 0 Å². The summed E-state index contributed by atoms with van der Waals surface area (Å²) in [5.41, 5.74) is 8.29. The molecule has 2 atom stereocenters. The molecule has 1 fully saturated rings. The van der Waals surface area contributed by atoms with Crippen molar-refractivity contribution in [2.75, 3.05) is 18.0 Å². The van der Waals surface area contributed by atoms with Crippen molar-refractivity contribution in [3.8, 4) is 0 Å². The van der Waals surface area contributed by atoms with Crippen LogP contribution in [0.2, 0.25) is 0 Å². The molecule has 106 valence electrons. The Morgan fingerprint density at radius 2 is 2.00 bits per heavy atom. The zero-order chi connectivity index (χ0) is 14.1. The van der Waals surface area contributed by atoms with Gasteiger partial charge in [-0.05, 0) is 30.4 Å². The minimum Gasteiger partial charge on any atom is -0.393 e. The highest BCUT2D eigenvalue weighted by molar-refractivity contribution is 5.96. The summed E-state index contributed by atoms with van der Waals surface area (Å²) in [6.07, 6.45) is 0.833. The monoisotopic (exact) mass is 270 g/mol. The van der Waals surface area contributed by atoms with Crippen LogP contribution in [-0.2, 0) is 6.54 Å². The van der Waals surface area contributed by atoms with E-state index >= 15 is 0 Å². The van der Waals surface area contributed by atoms with E-state index in [1.54, 1.807) is 0 Å². The highest BCUT2D eigenvalue weighted by atomic mass is 16.3. The van der Waals surface area contributed by atoms with Crippen LogP contribution in [0.4, 0.5) is 5.69 Å². The zero-order valence-corrected chi connectivity index (χ0v) is 11.9. The minimum absolute atomic E-state index is 0.227. The molecule has 0 saturated carbocycles. The predicted octanol–water partition coefficient (Wildman–Crippen LogP) is 2.51. The van der Waals surface area contributed by atoms with Crippen LogP contribution in [0.3, 0.4) is 0 Å². The third-order valence-corrected chi connectivity index (χ3v) is 4.46. The van der Waals surface area contributed by atoms with Gasteiger partial charge in [0.2, 0.25) is 0 Å². The standard InChI is InChI=1S/C17H22N2O/c1-12(20)14-8-9-19(11-14)17-7-6-13(10-18)15-4-2-3-5-16(15)17/h2-7,12,14,20H,8-11,18H2,1H3. The molecule has 0 spiro atoms. The van der Waals surface area contributed by atoms with Gasteiger partial charge in [0.25, 0.3) is 0 Å². The Bertz CT molecular complexity index is 609. The average molecular weight is 270 g/mol. The second-order valence-corrected chi connectivity index (χ2v) is 5.73. The van der Waals surface area contributed by atoms with Crippen molar-refractivity contribution in [1.29, 1.82) is 0 Å². The summed E-state index contributed by atoms with van der Waals surface area (Å²) >= 11 is 0.